The van der Waals surface area contributed by atoms with Crippen LogP contribution in [0.1, 0.15) is 12.8 Å². The first kappa shape index (κ1) is 23.2. The summed E-state index contributed by atoms with van der Waals surface area (Å²) >= 11 is 0. The second kappa shape index (κ2) is 13.5. The molecule has 0 unspecified atom stereocenters. The second-order valence-electron chi connectivity index (χ2n) is 5.17. The van der Waals surface area contributed by atoms with Gasteiger partial charge in [-0.15, -0.1) is 0 Å². The molecule has 0 aliphatic carbocycles. The lowest BCUT2D eigenvalue weighted by Gasteiger charge is -2.08. The van der Waals surface area contributed by atoms with E-state index in [1.54, 1.807) is 0 Å². The van der Waals surface area contributed by atoms with Gasteiger partial charge < -0.3 is 21.3 Å². The fourth-order valence-electron chi connectivity index (χ4n) is 1.67. The molecule has 0 heterocycles. The summed E-state index contributed by atoms with van der Waals surface area (Å²) in [7, 11) is 0. The number of hydrogen-bond acceptors (Lipinski definition) is 4. The molecule has 0 amide bonds. The summed E-state index contributed by atoms with van der Waals surface area (Å²) in [5.74, 6) is 0. The smallest absolute Gasteiger partial charge is 0.313 e. The molecule has 4 N–H and O–H groups in total. The zero-order valence-electron chi connectivity index (χ0n) is 13.5. The molecule has 0 atom stereocenters. The topological polar surface area (TPSA) is 48.1 Å². The summed E-state index contributed by atoms with van der Waals surface area (Å²) in [6, 6.07) is 0. The molecular weight excluding hydrogens is 338 g/mol. The van der Waals surface area contributed by atoms with E-state index in [4.69, 9.17) is 0 Å². The van der Waals surface area contributed by atoms with Crippen LogP contribution in [0.2, 0.25) is 0 Å². The van der Waals surface area contributed by atoms with E-state index >= 15 is 0 Å². The van der Waals surface area contributed by atoms with Crippen LogP contribution in [0.15, 0.2) is 12.2 Å². The van der Waals surface area contributed by atoms with Gasteiger partial charge in [-0.3, -0.25) is 0 Å². The van der Waals surface area contributed by atoms with Crippen molar-refractivity contribution < 1.29 is 26.3 Å². The average molecular weight is 364 g/mol. The molecule has 0 aromatic carbocycles. The van der Waals surface area contributed by atoms with Crippen LogP contribution in [0.5, 0.6) is 0 Å². The van der Waals surface area contributed by atoms with E-state index in [2.05, 4.69) is 21.3 Å². The lowest BCUT2D eigenvalue weighted by Crippen LogP contribution is -2.31. The molecule has 4 nitrogen and oxygen atoms in total. The lowest BCUT2D eigenvalue weighted by atomic mass is 10.4. The highest BCUT2D eigenvalue weighted by Crippen LogP contribution is 2.12. The number of rotatable bonds is 14. The number of alkyl halides is 6. The quantitative estimate of drug-likeness (QED) is 0.216. The van der Waals surface area contributed by atoms with Gasteiger partial charge in [-0.25, -0.2) is 0 Å². The molecule has 0 saturated heterocycles. The van der Waals surface area contributed by atoms with Gasteiger partial charge in [0.1, 0.15) is 0 Å². The van der Waals surface area contributed by atoms with E-state index in [1.165, 1.54) is 0 Å². The Morgan fingerprint density at radius 2 is 0.875 bits per heavy atom. The Morgan fingerprint density at radius 3 is 1.21 bits per heavy atom. The zero-order valence-corrected chi connectivity index (χ0v) is 13.5. The minimum atomic E-state index is -4.17. The Bertz CT molecular complexity index is 287. The lowest BCUT2D eigenvalue weighted by molar-refractivity contribution is -0.125. The maximum atomic E-state index is 11.8. The SMILES string of the molecule is FC(F)(F)CNCCCNC/C=C\CNCCCNCC(F)(F)F. The first-order valence-corrected chi connectivity index (χ1v) is 7.82. The third-order valence-electron chi connectivity index (χ3n) is 2.76. The van der Waals surface area contributed by atoms with Crippen molar-refractivity contribution in [3.63, 3.8) is 0 Å². The van der Waals surface area contributed by atoms with E-state index in [-0.39, 0.29) is 0 Å². The third-order valence-corrected chi connectivity index (χ3v) is 2.76. The van der Waals surface area contributed by atoms with E-state index in [1.807, 2.05) is 12.2 Å². The summed E-state index contributed by atoms with van der Waals surface area (Å²) < 4.78 is 71.0. The average Bonchev–Trinajstić information content (AvgIpc) is 2.44. The van der Waals surface area contributed by atoms with Crippen LogP contribution in [0.3, 0.4) is 0 Å². The maximum Gasteiger partial charge on any atom is 0.401 e. The van der Waals surface area contributed by atoms with Gasteiger partial charge in [-0.2, -0.15) is 26.3 Å². The first-order valence-electron chi connectivity index (χ1n) is 7.82. The summed E-state index contributed by atoms with van der Waals surface area (Å²) in [6.45, 7) is 1.15. The van der Waals surface area contributed by atoms with Gasteiger partial charge in [0, 0.05) is 13.1 Å². The van der Waals surface area contributed by atoms with Gasteiger partial charge in [-0.1, -0.05) is 12.2 Å². The molecule has 0 fully saturated rings. The second-order valence-corrected chi connectivity index (χ2v) is 5.17. The molecule has 0 saturated carbocycles. The number of hydrogen-bond donors (Lipinski definition) is 4. The van der Waals surface area contributed by atoms with Gasteiger partial charge in [0.2, 0.25) is 0 Å². The van der Waals surface area contributed by atoms with Crippen LogP contribution < -0.4 is 21.3 Å². The van der Waals surface area contributed by atoms with E-state index in [0.29, 0.717) is 52.1 Å². The van der Waals surface area contributed by atoms with Crippen LogP contribution in [0.25, 0.3) is 0 Å². The Labute approximate surface area is 138 Å². The number of nitrogens with one attached hydrogen (secondary N) is 4. The normalized spacial score (nSPS) is 13.1. The van der Waals surface area contributed by atoms with Crippen molar-refractivity contribution in [2.45, 2.75) is 25.2 Å². The van der Waals surface area contributed by atoms with Gasteiger partial charge in [0.15, 0.2) is 0 Å². The van der Waals surface area contributed by atoms with Gasteiger partial charge in [0.05, 0.1) is 13.1 Å². The molecule has 10 heteroatoms. The Kier molecular flexibility index (Phi) is 13.0. The Morgan fingerprint density at radius 1 is 0.542 bits per heavy atom. The molecule has 0 aliphatic rings. The van der Waals surface area contributed by atoms with Crippen molar-refractivity contribution in [1.82, 2.24) is 21.3 Å². The Balaban J connectivity index is 3.19. The molecule has 0 aromatic rings. The van der Waals surface area contributed by atoms with Crippen molar-refractivity contribution >= 4 is 0 Å². The highest BCUT2D eigenvalue weighted by atomic mass is 19.4. The van der Waals surface area contributed by atoms with Crippen molar-refractivity contribution in [1.29, 1.82) is 0 Å². The van der Waals surface area contributed by atoms with Crippen molar-refractivity contribution in [2.75, 3.05) is 52.4 Å². The van der Waals surface area contributed by atoms with E-state index < -0.39 is 25.4 Å². The largest absolute Gasteiger partial charge is 0.401 e. The summed E-state index contributed by atoms with van der Waals surface area (Å²) in [5.41, 5.74) is 0. The van der Waals surface area contributed by atoms with Crippen LogP contribution in [-0.4, -0.2) is 64.7 Å². The van der Waals surface area contributed by atoms with Crippen LogP contribution in [0, 0.1) is 0 Å². The first-order chi connectivity index (χ1) is 11.2. The summed E-state index contributed by atoms with van der Waals surface area (Å²) in [4.78, 5) is 0. The highest BCUT2D eigenvalue weighted by molar-refractivity contribution is 4.85. The monoisotopic (exact) mass is 364 g/mol. The highest BCUT2D eigenvalue weighted by Gasteiger charge is 2.26. The molecule has 0 rings (SSSR count). The van der Waals surface area contributed by atoms with Crippen molar-refractivity contribution in [3.8, 4) is 0 Å². The van der Waals surface area contributed by atoms with Crippen LogP contribution >= 0.6 is 0 Å². The Hall–Kier alpha value is -0.840. The van der Waals surface area contributed by atoms with Crippen molar-refractivity contribution in [3.05, 3.63) is 12.2 Å². The minimum absolute atomic E-state index is 0.306. The fraction of sp³-hybridized carbons (Fsp3) is 0.857. The minimum Gasteiger partial charge on any atom is -0.313 e. The molecule has 0 aromatic heterocycles. The summed E-state index contributed by atoms with van der Waals surface area (Å²) in [5, 5.41) is 10.8. The molecule has 144 valence electrons. The molecule has 24 heavy (non-hydrogen) atoms. The van der Waals surface area contributed by atoms with Gasteiger partial charge >= 0.3 is 12.4 Å². The summed E-state index contributed by atoms with van der Waals surface area (Å²) in [6.07, 6.45) is -3.36. The van der Waals surface area contributed by atoms with Gasteiger partial charge in [0.25, 0.3) is 0 Å². The molecular formula is C14H26F6N4. The maximum absolute atomic E-state index is 11.8. The van der Waals surface area contributed by atoms with E-state index in [9.17, 15) is 26.3 Å². The van der Waals surface area contributed by atoms with Crippen LogP contribution in [-0.2, 0) is 0 Å². The zero-order chi connectivity index (χ0) is 18.3. The van der Waals surface area contributed by atoms with Crippen molar-refractivity contribution in [2.24, 2.45) is 0 Å². The van der Waals surface area contributed by atoms with E-state index in [0.717, 1.165) is 0 Å². The standard InChI is InChI=1S/C14H26F6N4/c15-13(16,17)11-23-9-3-7-21-5-1-2-6-22-8-4-10-24-12-14(18,19)20/h1-2,21-24H,3-12H2/b2-1-. The number of halogens is 6. The predicted octanol–water partition coefficient (Wildman–Crippen LogP) is 1.81. The molecule has 0 aliphatic heterocycles. The molecule has 0 bridgehead atoms. The third kappa shape index (κ3) is 21.2. The van der Waals surface area contributed by atoms with Crippen LogP contribution in [0.4, 0.5) is 26.3 Å². The molecule has 0 radical (unpaired) electrons. The molecule has 0 spiro atoms. The predicted molar refractivity (Wildman–Crippen MR) is 82.0 cm³/mol. The fourth-order valence-corrected chi connectivity index (χ4v) is 1.67. The van der Waals surface area contributed by atoms with Gasteiger partial charge in [-0.05, 0) is 39.0 Å².